The molecule has 0 saturated carbocycles. The second kappa shape index (κ2) is 5.27. The van der Waals surface area contributed by atoms with Crippen LogP contribution in [0.1, 0.15) is 26.3 Å². The standard InChI is InChI=1S/C11H14N2O3/c1-7-6-8(10(12)15)2-3-9(7)11(16)13-4-5-14/h2-3,6,14H,4-5H2,1H3,(H2,12,15)(H,13,16). The van der Waals surface area contributed by atoms with Crippen LogP contribution in [0.2, 0.25) is 0 Å². The predicted octanol–water partition coefficient (Wildman–Crippen LogP) is -0.184. The summed E-state index contributed by atoms with van der Waals surface area (Å²) in [6.07, 6.45) is 0. The van der Waals surface area contributed by atoms with E-state index in [-0.39, 0.29) is 19.1 Å². The molecule has 1 rings (SSSR count). The Bertz CT molecular complexity index is 416. The fourth-order valence-corrected chi connectivity index (χ4v) is 1.34. The van der Waals surface area contributed by atoms with E-state index in [4.69, 9.17) is 10.8 Å². The number of nitrogens with two attached hydrogens (primary N) is 1. The molecule has 0 saturated heterocycles. The minimum absolute atomic E-state index is 0.107. The van der Waals surface area contributed by atoms with Gasteiger partial charge in [0.2, 0.25) is 5.91 Å². The number of amides is 2. The molecule has 5 heteroatoms. The molecule has 0 atom stereocenters. The maximum atomic E-state index is 11.6. The second-order valence-electron chi connectivity index (χ2n) is 3.37. The Morgan fingerprint density at radius 3 is 2.62 bits per heavy atom. The van der Waals surface area contributed by atoms with Gasteiger partial charge in [-0.15, -0.1) is 0 Å². The minimum Gasteiger partial charge on any atom is -0.395 e. The molecule has 0 aliphatic rings. The Morgan fingerprint density at radius 2 is 2.12 bits per heavy atom. The SMILES string of the molecule is Cc1cc(C(N)=O)ccc1C(=O)NCCO. The maximum absolute atomic E-state index is 11.6. The molecule has 2 amide bonds. The first-order chi connectivity index (χ1) is 7.56. The van der Waals surface area contributed by atoms with Gasteiger partial charge in [-0.3, -0.25) is 9.59 Å². The molecule has 0 unspecified atom stereocenters. The highest BCUT2D eigenvalue weighted by Crippen LogP contribution is 2.10. The summed E-state index contributed by atoms with van der Waals surface area (Å²) in [6.45, 7) is 1.82. The molecule has 5 nitrogen and oxygen atoms in total. The molecule has 0 bridgehead atoms. The summed E-state index contributed by atoms with van der Waals surface area (Å²) in [7, 11) is 0. The second-order valence-corrected chi connectivity index (χ2v) is 3.37. The number of rotatable bonds is 4. The van der Waals surface area contributed by atoms with Gasteiger partial charge in [0.25, 0.3) is 5.91 Å². The van der Waals surface area contributed by atoms with Crippen molar-refractivity contribution in [2.45, 2.75) is 6.92 Å². The Kier molecular flexibility index (Phi) is 4.02. The molecule has 0 radical (unpaired) electrons. The van der Waals surface area contributed by atoms with E-state index in [1.165, 1.54) is 6.07 Å². The van der Waals surface area contributed by atoms with Crippen molar-refractivity contribution >= 4 is 11.8 Å². The van der Waals surface area contributed by atoms with Crippen molar-refractivity contribution in [3.8, 4) is 0 Å². The highest BCUT2D eigenvalue weighted by Gasteiger charge is 2.10. The topological polar surface area (TPSA) is 92.4 Å². The molecule has 4 N–H and O–H groups in total. The van der Waals surface area contributed by atoms with Gasteiger partial charge in [-0.25, -0.2) is 0 Å². The molecule has 1 aromatic carbocycles. The van der Waals surface area contributed by atoms with E-state index >= 15 is 0 Å². The number of aliphatic hydroxyl groups excluding tert-OH is 1. The zero-order chi connectivity index (χ0) is 12.1. The zero-order valence-corrected chi connectivity index (χ0v) is 8.99. The van der Waals surface area contributed by atoms with Crippen LogP contribution in [0.25, 0.3) is 0 Å². The first-order valence-electron chi connectivity index (χ1n) is 4.85. The van der Waals surface area contributed by atoms with Crippen molar-refractivity contribution in [1.82, 2.24) is 5.32 Å². The average Bonchev–Trinajstić information content (AvgIpc) is 2.25. The lowest BCUT2D eigenvalue weighted by atomic mass is 10.0. The van der Waals surface area contributed by atoms with Crippen molar-refractivity contribution < 1.29 is 14.7 Å². The third-order valence-corrected chi connectivity index (χ3v) is 2.15. The molecule has 1 aromatic rings. The van der Waals surface area contributed by atoms with E-state index < -0.39 is 5.91 Å². The Balaban J connectivity index is 2.90. The Morgan fingerprint density at radius 1 is 1.44 bits per heavy atom. The molecule has 0 heterocycles. The van der Waals surface area contributed by atoms with E-state index in [0.717, 1.165) is 0 Å². The number of hydrogen-bond donors (Lipinski definition) is 3. The number of primary amides is 1. The van der Waals surface area contributed by atoms with Crippen LogP contribution >= 0.6 is 0 Å². The fraction of sp³-hybridized carbons (Fsp3) is 0.273. The number of hydrogen-bond acceptors (Lipinski definition) is 3. The van der Waals surface area contributed by atoms with E-state index in [0.29, 0.717) is 16.7 Å². The quantitative estimate of drug-likeness (QED) is 0.659. The number of carbonyl (C=O) groups excluding carboxylic acids is 2. The van der Waals surface area contributed by atoms with Gasteiger partial charge in [0.1, 0.15) is 0 Å². The number of nitrogens with one attached hydrogen (secondary N) is 1. The Labute approximate surface area is 93.3 Å². The van der Waals surface area contributed by atoms with Crippen molar-refractivity contribution in [1.29, 1.82) is 0 Å². The fourth-order valence-electron chi connectivity index (χ4n) is 1.34. The van der Waals surface area contributed by atoms with Gasteiger partial charge in [-0.05, 0) is 30.7 Å². The van der Waals surface area contributed by atoms with Gasteiger partial charge < -0.3 is 16.2 Å². The Hall–Kier alpha value is -1.88. The summed E-state index contributed by atoms with van der Waals surface area (Å²) < 4.78 is 0. The number of benzene rings is 1. The lowest BCUT2D eigenvalue weighted by Crippen LogP contribution is -2.27. The summed E-state index contributed by atoms with van der Waals surface area (Å²) in [5.74, 6) is -0.798. The van der Waals surface area contributed by atoms with Gasteiger partial charge in [0, 0.05) is 17.7 Å². The smallest absolute Gasteiger partial charge is 0.251 e. The van der Waals surface area contributed by atoms with Crippen LogP contribution in [0.15, 0.2) is 18.2 Å². The lowest BCUT2D eigenvalue weighted by Gasteiger charge is -2.07. The zero-order valence-electron chi connectivity index (χ0n) is 8.99. The third kappa shape index (κ3) is 2.80. The van der Waals surface area contributed by atoms with E-state index in [9.17, 15) is 9.59 Å². The van der Waals surface area contributed by atoms with Crippen molar-refractivity contribution in [3.63, 3.8) is 0 Å². The van der Waals surface area contributed by atoms with Gasteiger partial charge in [-0.1, -0.05) is 0 Å². The first-order valence-corrected chi connectivity index (χ1v) is 4.85. The van der Waals surface area contributed by atoms with Crippen molar-refractivity contribution in [2.24, 2.45) is 5.73 Å². The molecule has 0 spiro atoms. The molecule has 0 fully saturated rings. The van der Waals surface area contributed by atoms with Crippen LogP contribution in [-0.4, -0.2) is 30.1 Å². The largest absolute Gasteiger partial charge is 0.395 e. The molecule has 16 heavy (non-hydrogen) atoms. The van der Waals surface area contributed by atoms with Crippen LogP contribution in [-0.2, 0) is 0 Å². The van der Waals surface area contributed by atoms with E-state index in [1.54, 1.807) is 19.1 Å². The van der Waals surface area contributed by atoms with Crippen molar-refractivity contribution in [3.05, 3.63) is 34.9 Å². The highest BCUT2D eigenvalue weighted by atomic mass is 16.3. The molecular weight excluding hydrogens is 208 g/mol. The normalized spacial score (nSPS) is 9.88. The minimum atomic E-state index is -0.523. The van der Waals surface area contributed by atoms with Gasteiger partial charge >= 0.3 is 0 Å². The summed E-state index contributed by atoms with van der Waals surface area (Å²) in [6, 6.07) is 4.61. The van der Waals surface area contributed by atoms with E-state index in [1.807, 2.05) is 0 Å². The number of aryl methyl sites for hydroxylation is 1. The summed E-state index contributed by atoms with van der Waals surface area (Å²) in [4.78, 5) is 22.5. The first kappa shape index (κ1) is 12.2. The summed E-state index contributed by atoms with van der Waals surface area (Å²) in [5, 5.41) is 11.1. The summed E-state index contributed by atoms with van der Waals surface area (Å²) >= 11 is 0. The monoisotopic (exact) mass is 222 g/mol. The maximum Gasteiger partial charge on any atom is 0.251 e. The van der Waals surface area contributed by atoms with Gasteiger partial charge in [0.05, 0.1) is 6.61 Å². The van der Waals surface area contributed by atoms with Gasteiger partial charge in [-0.2, -0.15) is 0 Å². The average molecular weight is 222 g/mol. The lowest BCUT2D eigenvalue weighted by molar-refractivity contribution is 0.0942. The molecule has 0 aromatic heterocycles. The molecular formula is C11H14N2O3. The third-order valence-electron chi connectivity index (χ3n) is 2.15. The van der Waals surface area contributed by atoms with E-state index in [2.05, 4.69) is 5.32 Å². The van der Waals surface area contributed by atoms with Crippen LogP contribution in [0.3, 0.4) is 0 Å². The number of aliphatic hydroxyl groups is 1. The highest BCUT2D eigenvalue weighted by molar-refractivity contribution is 5.98. The van der Waals surface area contributed by atoms with Crippen LogP contribution < -0.4 is 11.1 Å². The van der Waals surface area contributed by atoms with Crippen LogP contribution in [0.4, 0.5) is 0 Å². The molecule has 0 aliphatic carbocycles. The molecule has 0 aliphatic heterocycles. The van der Waals surface area contributed by atoms with Crippen LogP contribution in [0, 0.1) is 6.92 Å². The number of carbonyl (C=O) groups is 2. The van der Waals surface area contributed by atoms with Gasteiger partial charge in [0.15, 0.2) is 0 Å². The predicted molar refractivity (Wildman–Crippen MR) is 59.1 cm³/mol. The van der Waals surface area contributed by atoms with Crippen molar-refractivity contribution in [2.75, 3.05) is 13.2 Å². The summed E-state index contributed by atoms with van der Waals surface area (Å²) in [5.41, 5.74) is 6.63. The molecule has 86 valence electrons. The van der Waals surface area contributed by atoms with Crippen LogP contribution in [0.5, 0.6) is 0 Å².